The fourth-order valence-corrected chi connectivity index (χ4v) is 3.91. The van der Waals surface area contributed by atoms with E-state index in [4.69, 9.17) is 0 Å². The molecule has 0 aliphatic carbocycles. The van der Waals surface area contributed by atoms with Gasteiger partial charge in [-0.2, -0.15) is 0 Å². The van der Waals surface area contributed by atoms with Crippen molar-refractivity contribution in [3.8, 4) is 0 Å². The van der Waals surface area contributed by atoms with E-state index >= 15 is 0 Å². The number of benzene rings is 1. The number of fused-ring (bicyclic) bond motifs is 1. The minimum atomic E-state index is -3.69. The predicted molar refractivity (Wildman–Crippen MR) is 95.9 cm³/mol. The van der Waals surface area contributed by atoms with E-state index in [1.165, 1.54) is 6.07 Å². The SMILES string of the molecule is CCN1C(=O)CCc2cc(S(=O)(=O)NCCC(=O)NC(C)C)ccc21. The van der Waals surface area contributed by atoms with Gasteiger partial charge in [-0.3, -0.25) is 9.59 Å². The Morgan fingerprint density at radius 1 is 1.28 bits per heavy atom. The van der Waals surface area contributed by atoms with Crippen molar-refractivity contribution >= 4 is 27.5 Å². The molecule has 0 saturated carbocycles. The van der Waals surface area contributed by atoms with E-state index in [1.54, 1.807) is 17.0 Å². The highest BCUT2D eigenvalue weighted by molar-refractivity contribution is 7.89. The minimum Gasteiger partial charge on any atom is -0.354 e. The van der Waals surface area contributed by atoms with Gasteiger partial charge in [0.2, 0.25) is 21.8 Å². The summed E-state index contributed by atoms with van der Waals surface area (Å²) in [5.74, 6) is -0.139. The number of aryl methyl sites for hydroxylation is 1. The summed E-state index contributed by atoms with van der Waals surface area (Å²) in [6.45, 7) is 6.18. The maximum absolute atomic E-state index is 12.4. The Kier molecular flexibility index (Phi) is 6.18. The summed E-state index contributed by atoms with van der Waals surface area (Å²) < 4.78 is 27.3. The summed E-state index contributed by atoms with van der Waals surface area (Å²) in [5.41, 5.74) is 1.62. The van der Waals surface area contributed by atoms with Gasteiger partial charge in [0.25, 0.3) is 0 Å². The van der Waals surface area contributed by atoms with Gasteiger partial charge in [0.1, 0.15) is 0 Å². The van der Waals surface area contributed by atoms with Gasteiger partial charge in [-0.1, -0.05) is 0 Å². The van der Waals surface area contributed by atoms with E-state index in [9.17, 15) is 18.0 Å². The lowest BCUT2D eigenvalue weighted by Gasteiger charge is -2.28. The van der Waals surface area contributed by atoms with Gasteiger partial charge in [0.05, 0.1) is 4.90 Å². The van der Waals surface area contributed by atoms with Crippen LogP contribution in [0.4, 0.5) is 5.69 Å². The lowest BCUT2D eigenvalue weighted by molar-refractivity contribution is -0.121. The number of sulfonamides is 1. The standard InChI is InChI=1S/C17H25N3O4S/c1-4-20-15-7-6-14(11-13(15)5-8-17(20)22)25(23,24)18-10-9-16(21)19-12(2)3/h6-7,11-12,18H,4-5,8-10H2,1-3H3,(H,19,21). The molecular formula is C17H25N3O4S. The Hall–Kier alpha value is -1.93. The third kappa shape index (κ3) is 4.79. The predicted octanol–water partition coefficient (Wildman–Crippen LogP) is 1.18. The van der Waals surface area contributed by atoms with Crippen molar-refractivity contribution in [2.75, 3.05) is 18.0 Å². The average Bonchev–Trinajstić information content (AvgIpc) is 2.53. The fraction of sp³-hybridized carbons (Fsp3) is 0.529. The highest BCUT2D eigenvalue weighted by Gasteiger charge is 2.25. The number of hydrogen-bond donors (Lipinski definition) is 2. The van der Waals surface area contributed by atoms with Crippen molar-refractivity contribution in [3.05, 3.63) is 23.8 Å². The van der Waals surface area contributed by atoms with Crippen molar-refractivity contribution in [1.29, 1.82) is 0 Å². The largest absolute Gasteiger partial charge is 0.354 e. The van der Waals surface area contributed by atoms with Crippen molar-refractivity contribution in [2.45, 2.75) is 51.0 Å². The molecule has 7 nitrogen and oxygen atoms in total. The molecule has 0 aromatic heterocycles. The molecule has 0 fully saturated rings. The molecular weight excluding hydrogens is 342 g/mol. The molecule has 138 valence electrons. The second-order valence-electron chi connectivity index (χ2n) is 6.30. The molecule has 0 atom stereocenters. The maximum atomic E-state index is 12.4. The highest BCUT2D eigenvalue weighted by atomic mass is 32.2. The van der Waals surface area contributed by atoms with Crippen molar-refractivity contribution in [1.82, 2.24) is 10.0 Å². The molecule has 0 radical (unpaired) electrons. The molecule has 0 bridgehead atoms. The van der Waals surface area contributed by atoms with Crippen LogP contribution in [0.1, 0.15) is 39.2 Å². The smallest absolute Gasteiger partial charge is 0.240 e. The van der Waals surface area contributed by atoms with Crippen LogP contribution in [0.25, 0.3) is 0 Å². The molecule has 0 saturated heterocycles. The van der Waals surface area contributed by atoms with E-state index in [-0.39, 0.29) is 35.7 Å². The lowest BCUT2D eigenvalue weighted by Crippen LogP contribution is -2.35. The summed E-state index contributed by atoms with van der Waals surface area (Å²) in [6.07, 6.45) is 0.998. The maximum Gasteiger partial charge on any atom is 0.240 e. The molecule has 1 aliphatic rings. The van der Waals surface area contributed by atoms with Crippen LogP contribution in [0.5, 0.6) is 0 Å². The van der Waals surface area contributed by atoms with Crippen molar-refractivity contribution in [3.63, 3.8) is 0 Å². The van der Waals surface area contributed by atoms with Crippen LogP contribution < -0.4 is 14.9 Å². The summed E-state index contributed by atoms with van der Waals surface area (Å²) >= 11 is 0. The molecule has 0 spiro atoms. The van der Waals surface area contributed by atoms with Crippen LogP contribution in [0.3, 0.4) is 0 Å². The molecule has 2 N–H and O–H groups in total. The molecule has 25 heavy (non-hydrogen) atoms. The van der Waals surface area contributed by atoms with E-state index in [0.717, 1.165) is 11.3 Å². The van der Waals surface area contributed by atoms with E-state index in [1.807, 2.05) is 20.8 Å². The molecule has 2 rings (SSSR count). The van der Waals surface area contributed by atoms with Gasteiger partial charge in [0.15, 0.2) is 0 Å². The Morgan fingerprint density at radius 2 is 2.00 bits per heavy atom. The lowest BCUT2D eigenvalue weighted by atomic mass is 10.0. The summed E-state index contributed by atoms with van der Waals surface area (Å²) in [6, 6.07) is 4.81. The van der Waals surface area contributed by atoms with Crippen LogP contribution in [0, 0.1) is 0 Å². The monoisotopic (exact) mass is 367 g/mol. The van der Waals surface area contributed by atoms with E-state index < -0.39 is 10.0 Å². The quantitative estimate of drug-likeness (QED) is 0.756. The Balaban J connectivity index is 2.08. The summed E-state index contributed by atoms with van der Waals surface area (Å²) in [7, 11) is -3.69. The number of carbonyl (C=O) groups excluding carboxylic acids is 2. The van der Waals surface area contributed by atoms with Gasteiger partial charge in [0, 0.05) is 37.7 Å². The molecule has 1 heterocycles. The zero-order valence-corrected chi connectivity index (χ0v) is 15.6. The van der Waals surface area contributed by atoms with Gasteiger partial charge in [-0.05, 0) is 51.0 Å². The van der Waals surface area contributed by atoms with Gasteiger partial charge in [-0.25, -0.2) is 13.1 Å². The first kappa shape index (κ1) is 19.4. The number of hydrogen-bond acceptors (Lipinski definition) is 4. The van der Waals surface area contributed by atoms with Crippen LogP contribution in [0.2, 0.25) is 0 Å². The van der Waals surface area contributed by atoms with Crippen LogP contribution in [0.15, 0.2) is 23.1 Å². The molecule has 1 aromatic carbocycles. The number of nitrogens with one attached hydrogen (secondary N) is 2. The van der Waals surface area contributed by atoms with Gasteiger partial charge < -0.3 is 10.2 Å². The number of nitrogens with zero attached hydrogens (tertiary/aromatic N) is 1. The second-order valence-corrected chi connectivity index (χ2v) is 8.07. The van der Waals surface area contributed by atoms with E-state index in [0.29, 0.717) is 19.4 Å². The first-order chi connectivity index (χ1) is 11.7. The zero-order chi connectivity index (χ0) is 18.6. The Morgan fingerprint density at radius 3 is 2.64 bits per heavy atom. The van der Waals surface area contributed by atoms with E-state index in [2.05, 4.69) is 10.0 Å². The third-order valence-electron chi connectivity index (χ3n) is 3.97. The normalized spacial score (nSPS) is 14.6. The number of carbonyl (C=O) groups is 2. The molecule has 8 heteroatoms. The first-order valence-corrected chi connectivity index (χ1v) is 9.95. The second kappa shape index (κ2) is 7.97. The third-order valence-corrected chi connectivity index (χ3v) is 5.43. The topological polar surface area (TPSA) is 95.6 Å². The highest BCUT2D eigenvalue weighted by Crippen LogP contribution is 2.29. The minimum absolute atomic E-state index is 0.0222. The summed E-state index contributed by atoms with van der Waals surface area (Å²) in [4.78, 5) is 25.3. The van der Waals surface area contributed by atoms with Gasteiger partial charge in [-0.15, -0.1) is 0 Å². The summed E-state index contributed by atoms with van der Waals surface area (Å²) in [5, 5.41) is 2.71. The Bertz CT molecular complexity index is 759. The first-order valence-electron chi connectivity index (χ1n) is 8.47. The fourth-order valence-electron chi connectivity index (χ4n) is 2.83. The molecule has 0 unspecified atom stereocenters. The number of amides is 2. The van der Waals surface area contributed by atoms with Crippen LogP contribution in [-0.4, -0.2) is 39.4 Å². The number of anilines is 1. The van der Waals surface area contributed by atoms with Crippen LogP contribution >= 0.6 is 0 Å². The number of rotatable bonds is 7. The van der Waals surface area contributed by atoms with Gasteiger partial charge >= 0.3 is 0 Å². The zero-order valence-electron chi connectivity index (χ0n) is 14.8. The molecule has 1 aliphatic heterocycles. The molecule has 2 amide bonds. The van der Waals surface area contributed by atoms with Crippen molar-refractivity contribution in [2.24, 2.45) is 0 Å². The Labute approximate surface area is 148 Å². The van der Waals surface area contributed by atoms with Crippen LogP contribution in [-0.2, 0) is 26.0 Å². The average molecular weight is 367 g/mol. The van der Waals surface area contributed by atoms with Crippen molar-refractivity contribution < 1.29 is 18.0 Å². The molecule has 1 aromatic rings.